The lowest BCUT2D eigenvalue weighted by Gasteiger charge is -2.29. The van der Waals surface area contributed by atoms with Gasteiger partial charge < -0.3 is 0 Å². The largest absolute Gasteiger partial charge is 0.113 e. The standard InChI is InChI=1S/C12H24B/c1-3-7-11(8-4-2)12-9-5-6-10-13-12/h11-12H,3-10H2,1-2H3. The molecule has 1 aliphatic rings. The molecule has 1 atom stereocenters. The van der Waals surface area contributed by atoms with Crippen molar-refractivity contribution in [2.45, 2.75) is 70.9 Å². The van der Waals surface area contributed by atoms with E-state index in [4.69, 9.17) is 0 Å². The summed E-state index contributed by atoms with van der Waals surface area (Å²) in [5.74, 6) is 1.98. The van der Waals surface area contributed by atoms with Gasteiger partial charge in [0.05, 0.1) is 0 Å². The Bertz CT molecular complexity index is 110. The Balaban J connectivity index is 2.32. The highest BCUT2D eigenvalue weighted by molar-refractivity contribution is 6.37. The molecular formula is C12H24B. The van der Waals surface area contributed by atoms with Crippen LogP contribution in [-0.2, 0) is 0 Å². The molecule has 1 radical (unpaired) electrons. The lowest BCUT2D eigenvalue weighted by Crippen LogP contribution is -2.18. The van der Waals surface area contributed by atoms with E-state index in [0.29, 0.717) is 0 Å². The summed E-state index contributed by atoms with van der Waals surface area (Å²) in [7, 11) is 2.61. The Labute approximate surface area is 84.7 Å². The van der Waals surface area contributed by atoms with Crippen LogP contribution in [-0.4, -0.2) is 7.28 Å². The molecule has 1 saturated heterocycles. The van der Waals surface area contributed by atoms with Gasteiger partial charge in [0.15, 0.2) is 0 Å². The molecule has 75 valence electrons. The minimum atomic E-state index is 0.966. The first kappa shape index (κ1) is 11.1. The van der Waals surface area contributed by atoms with Crippen molar-refractivity contribution < 1.29 is 0 Å². The Morgan fingerprint density at radius 1 is 1.15 bits per heavy atom. The van der Waals surface area contributed by atoms with Gasteiger partial charge in [-0.05, 0) is 5.92 Å². The Hall–Kier alpha value is 0.0649. The molecule has 0 aromatic heterocycles. The van der Waals surface area contributed by atoms with Crippen molar-refractivity contribution in [3.05, 3.63) is 0 Å². The summed E-state index contributed by atoms with van der Waals surface area (Å²) in [4.78, 5) is 0. The molecule has 0 aromatic rings. The smallest absolute Gasteiger partial charge is 0.0799 e. The van der Waals surface area contributed by atoms with E-state index in [1.807, 2.05) is 0 Å². The molecule has 1 aliphatic heterocycles. The Kier molecular flexibility index (Phi) is 5.58. The lowest BCUT2D eigenvalue weighted by atomic mass is 9.51. The number of hydrogen-bond donors (Lipinski definition) is 0. The molecule has 1 rings (SSSR count). The SMILES string of the molecule is CCCC(CCC)C1[B]CCCC1. The van der Waals surface area contributed by atoms with Gasteiger partial charge in [-0.15, -0.1) is 0 Å². The maximum Gasteiger partial charge on any atom is 0.113 e. The quantitative estimate of drug-likeness (QED) is 0.552. The minimum Gasteiger partial charge on any atom is -0.0799 e. The van der Waals surface area contributed by atoms with Crippen molar-refractivity contribution in [1.29, 1.82) is 0 Å². The maximum absolute atomic E-state index is 2.61. The zero-order valence-corrected chi connectivity index (χ0v) is 9.39. The van der Waals surface area contributed by atoms with Crippen molar-refractivity contribution in [2.24, 2.45) is 5.92 Å². The van der Waals surface area contributed by atoms with Gasteiger partial charge in [0.2, 0.25) is 0 Å². The van der Waals surface area contributed by atoms with Gasteiger partial charge >= 0.3 is 0 Å². The van der Waals surface area contributed by atoms with Gasteiger partial charge in [0, 0.05) is 0 Å². The molecule has 1 heteroatoms. The molecule has 0 amide bonds. The third-order valence-corrected chi connectivity index (χ3v) is 3.39. The van der Waals surface area contributed by atoms with Crippen LogP contribution < -0.4 is 0 Å². The van der Waals surface area contributed by atoms with Gasteiger partial charge in [-0.1, -0.05) is 70.9 Å². The molecule has 1 fully saturated rings. The van der Waals surface area contributed by atoms with E-state index in [0.717, 1.165) is 11.7 Å². The van der Waals surface area contributed by atoms with Crippen LogP contribution in [0.3, 0.4) is 0 Å². The summed E-state index contributed by atoms with van der Waals surface area (Å²) in [6.07, 6.45) is 11.4. The van der Waals surface area contributed by atoms with Crippen LogP contribution in [0, 0.1) is 5.92 Å². The summed E-state index contributed by atoms with van der Waals surface area (Å²) < 4.78 is 0. The summed E-state index contributed by atoms with van der Waals surface area (Å²) in [6, 6.07) is 0. The van der Waals surface area contributed by atoms with Crippen molar-refractivity contribution in [3.63, 3.8) is 0 Å². The fourth-order valence-corrected chi connectivity index (χ4v) is 2.72. The van der Waals surface area contributed by atoms with Gasteiger partial charge in [0.25, 0.3) is 0 Å². The summed E-state index contributed by atoms with van der Waals surface area (Å²) >= 11 is 0. The van der Waals surface area contributed by atoms with E-state index >= 15 is 0 Å². The Morgan fingerprint density at radius 2 is 1.85 bits per heavy atom. The normalized spacial score (nSPS) is 23.2. The highest BCUT2D eigenvalue weighted by Crippen LogP contribution is 2.35. The zero-order valence-electron chi connectivity index (χ0n) is 9.39. The molecular weight excluding hydrogens is 155 g/mol. The first-order valence-electron chi connectivity index (χ1n) is 6.21. The van der Waals surface area contributed by atoms with Crippen molar-refractivity contribution in [3.8, 4) is 0 Å². The monoisotopic (exact) mass is 179 g/mol. The third-order valence-electron chi connectivity index (χ3n) is 3.39. The first-order chi connectivity index (χ1) is 6.38. The Morgan fingerprint density at radius 3 is 2.31 bits per heavy atom. The zero-order chi connectivity index (χ0) is 9.52. The molecule has 13 heavy (non-hydrogen) atoms. The van der Waals surface area contributed by atoms with Gasteiger partial charge in [-0.2, -0.15) is 0 Å². The van der Waals surface area contributed by atoms with Crippen LogP contribution in [0.2, 0.25) is 12.1 Å². The molecule has 0 bridgehead atoms. The molecule has 0 aliphatic carbocycles. The van der Waals surface area contributed by atoms with Crippen molar-refractivity contribution in [1.82, 2.24) is 0 Å². The highest BCUT2D eigenvalue weighted by Gasteiger charge is 2.22. The number of hydrogen-bond acceptors (Lipinski definition) is 0. The molecule has 0 N–H and O–H groups in total. The second-order valence-corrected chi connectivity index (χ2v) is 4.52. The first-order valence-corrected chi connectivity index (χ1v) is 6.21. The van der Waals surface area contributed by atoms with Gasteiger partial charge in [-0.25, -0.2) is 0 Å². The average molecular weight is 179 g/mol. The summed E-state index contributed by atoms with van der Waals surface area (Å²) in [5.41, 5.74) is 0. The maximum atomic E-state index is 2.61. The van der Waals surface area contributed by atoms with E-state index < -0.39 is 0 Å². The molecule has 0 saturated carbocycles. The molecule has 0 spiro atoms. The van der Waals surface area contributed by atoms with Crippen LogP contribution >= 0.6 is 0 Å². The van der Waals surface area contributed by atoms with E-state index in [2.05, 4.69) is 21.1 Å². The molecule has 1 unspecified atom stereocenters. The molecule has 0 aromatic carbocycles. The second-order valence-electron chi connectivity index (χ2n) is 4.52. The van der Waals surface area contributed by atoms with Crippen LogP contribution in [0.25, 0.3) is 0 Å². The third kappa shape index (κ3) is 3.75. The number of rotatable bonds is 5. The summed E-state index contributed by atoms with van der Waals surface area (Å²) in [6.45, 7) is 4.65. The predicted octanol–water partition coefficient (Wildman–Crippen LogP) is 4.30. The van der Waals surface area contributed by atoms with Gasteiger partial charge in [0.1, 0.15) is 7.28 Å². The van der Waals surface area contributed by atoms with E-state index in [1.54, 1.807) is 0 Å². The molecule has 0 nitrogen and oxygen atoms in total. The van der Waals surface area contributed by atoms with Crippen molar-refractivity contribution in [2.75, 3.05) is 0 Å². The average Bonchev–Trinajstić information content (AvgIpc) is 2.19. The second kappa shape index (κ2) is 6.51. The van der Waals surface area contributed by atoms with E-state index in [-0.39, 0.29) is 0 Å². The fraction of sp³-hybridized carbons (Fsp3) is 1.00. The lowest BCUT2D eigenvalue weighted by molar-refractivity contribution is 0.383. The van der Waals surface area contributed by atoms with Crippen LogP contribution in [0.4, 0.5) is 0 Å². The van der Waals surface area contributed by atoms with Crippen LogP contribution in [0.5, 0.6) is 0 Å². The van der Waals surface area contributed by atoms with Gasteiger partial charge in [-0.3, -0.25) is 0 Å². The van der Waals surface area contributed by atoms with Crippen molar-refractivity contribution >= 4 is 7.28 Å². The van der Waals surface area contributed by atoms with E-state index in [1.165, 1.54) is 51.3 Å². The predicted molar refractivity (Wildman–Crippen MR) is 61.5 cm³/mol. The van der Waals surface area contributed by atoms with E-state index in [9.17, 15) is 0 Å². The summed E-state index contributed by atoms with van der Waals surface area (Å²) in [5, 5.41) is 0. The van der Waals surface area contributed by atoms with Crippen LogP contribution in [0.1, 0.15) is 58.8 Å². The topological polar surface area (TPSA) is 0 Å². The minimum absolute atomic E-state index is 0.966. The molecule has 1 heterocycles. The fourth-order valence-electron chi connectivity index (χ4n) is 2.72. The highest BCUT2D eigenvalue weighted by atomic mass is 14.2. The van der Waals surface area contributed by atoms with Crippen LogP contribution in [0.15, 0.2) is 0 Å².